The van der Waals surface area contributed by atoms with Crippen LogP contribution in [0.4, 0.5) is 0 Å². The Morgan fingerprint density at radius 2 is 1.65 bits per heavy atom. The van der Waals surface area contributed by atoms with Gasteiger partial charge in [0, 0.05) is 12.5 Å². The predicted molar refractivity (Wildman–Crippen MR) is 86.5 cm³/mol. The molecule has 0 aliphatic heterocycles. The van der Waals surface area contributed by atoms with E-state index in [1.54, 1.807) is 37.4 Å². The van der Waals surface area contributed by atoms with Crippen molar-refractivity contribution in [3.05, 3.63) is 64.0 Å². The lowest BCUT2D eigenvalue weighted by atomic mass is 10.0. The lowest BCUT2D eigenvalue weighted by molar-refractivity contribution is 0.413. The average Bonchev–Trinajstić information content (AvgIpc) is 2.58. The molecule has 0 aliphatic rings. The fourth-order valence-corrected chi connectivity index (χ4v) is 2.43. The topological polar surface area (TPSA) is 68.9 Å². The van der Waals surface area contributed by atoms with Crippen LogP contribution < -0.4 is 15.1 Å². The summed E-state index contributed by atoms with van der Waals surface area (Å²) in [7, 11) is 3.12. The Kier molecular flexibility index (Phi) is 3.93. The van der Waals surface area contributed by atoms with Crippen molar-refractivity contribution in [1.82, 2.24) is 0 Å². The first kappa shape index (κ1) is 15.0. The molecule has 3 aromatic rings. The highest BCUT2D eigenvalue weighted by molar-refractivity contribution is 5.85. The van der Waals surface area contributed by atoms with Crippen LogP contribution in [0, 0.1) is 0 Å². The number of rotatable bonds is 4. The first-order valence-corrected chi connectivity index (χ1v) is 7.08. The number of ether oxygens (including phenoxy) is 2. The van der Waals surface area contributed by atoms with E-state index in [2.05, 4.69) is 0 Å². The van der Waals surface area contributed by atoms with Crippen LogP contribution in [0.5, 0.6) is 17.2 Å². The molecule has 5 heteroatoms. The van der Waals surface area contributed by atoms with E-state index in [1.807, 2.05) is 12.1 Å². The van der Waals surface area contributed by atoms with E-state index in [4.69, 9.17) is 13.9 Å². The highest BCUT2D eigenvalue weighted by Crippen LogP contribution is 2.30. The Hall–Kier alpha value is -2.95. The van der Waals surface area contributed by atoms with Gasteiger partial charge in [0.05, 0.1) is 25.2 Å². The first-order chi connectivity index (χ1) is 11.1. The van der Waals surface area contributed by atoms with E-state index in [0.29, 0.717) is 16.7 Å². The SMILES string of the molecule is COc1ccc(Cc2c(O)c3ccc(OC)cc3oc2=O)cc1. The molecule has 23 heavy (non-hydrogen) atoms. The minimum absolute atomic E-state index is 0.0604. The summed E-state index contributed by atoms with van der Waals surface area (Å²) in [6.45, 7) is 0. The van der Waals surface area contributed by atoms with Gasteiger partial charge in [-0.2, -0.15) is 0 Å². The molecule has 0 amide bonds. The van der Waals surface area contributed by atoms with Gasteiger partial charge >= 0.3 is 5.63 Å². The molecule has 0 atom stereocenters. The Balaban J connectivity index is 2.04. The largest absolute Gasteiger partial charge is 0.507 e. The van der Waals surface area contributed by atoms with Gasteiger partial charge in [0.2, 0.25) is 0 Å². The Morgan fingerprint density at radius 1 is 1.00 bits per heavy atom. The molecule has 118 valence electrons. The molecule has 1 N–H and O–H groups in total. The molecule has 5 nitrogen and oxygen atoms in total. The van der Waals surface area contributed by atoms with E-state index >= 15 is 0 Å². The molecule has 3 rings (SSSR count). The molecule has 0 spiro atoms. The number of fused-ring (bicyclic) bond motifs is 1. The molecule has 1 aromatic heterocycles. The third-order valence-corrected chi connectivity index (χ3v) is 3.72. The molecule has 0 bridgehead atoms. The van der Waals surface area contributed by atoms with Gasteiger partial charge in [0.25, 0.3) is 0 Å². The van der Waals surface area contributed by atoms with E-state index < -0.39 is 5.63 Å². The lowest BCUT2D eigenvalue weighted by Gasteiger charge is -2.08. The molecule has 0 radical (unpaired) electrons. The fraction of sp³-hybridized carbons (Fsp3) is 0.167. The first-order valence-electron chi connectivity index (χ1n) is 7.08. The molecular weight excluding hydrogens is 296 g/mol. The average molecular weight is 312 g/mol. The van der Waals surface area contributed by atoms with Crippen LogP contribution in [-0.2, 0) is 6.42 Å². The zero-order valence-corrected chi connectivity index (χ0v) is 12.8. The number of hydrogen-bond acceptors (Lipinski definition) is 5. The highest BCUT2D eigenvalue weighted by Gasteiger charge is 2.15. The monoisotopic (exact) mass is 312 g/mol. The number of hydrogen-bond donors (Lipinski definition) is 1. The predicted octanol–water partition coefficient (Wildman–Crippen LogP) is 3.11. The normalized spacial score (nSPS) is 10.7. The van der Waals surface area contributed by atoms with Crippen molar-refractivity contribution in [1.29, 1.82) is 0 Å². The molecule has 0 fully saturated rings. The van der Waals surface area contributed by atoms with Crippen LogP contribution >= 0.6 is 0 Å². The molecule has 0 aliphatic carbocycles. The second-order valence-electron chi connectivity index (χ2n) is 5.10. The van der Waals surface area contributed by atoms with Crippen LogP contribution in [0.3, 0.4) is 0 Å². The van der Waals surface area contributed by atoms with E-state index in [1.165, 1.54) is 7.11 Å². The Labute approximate surface area is 132 Å². The van der Waals surface area contributed by atoms with E-state index in [0.717, 1.165) is 11.3 Å². The van der Waals surface area contributed by atoms with Crippen LogP contribution in [0.2, 0.25) is 0 Å². The fourth-order valence-electron chi connectivity index (χ4n) is 2.43. The van der Waals surface area contributed by atoms with Crippen molar-refractivity contribution in [3.8, 4) is 17.2 Å². The van der Waals surface area contributed by atoms with Gasteiger partial charge < -0.3 is 19.0 Å². The zero-order valence-electron chi connectivity index (χ0n) is 12.8. The Morgan fingerprint density at radius 3 is 2.30 bits per heavy atom. The number of benzene rings is 2. The maximum absolute atomic E-state index is 12.2. The van der Waals surface area contributed by atoms with Gasteiger partial charge in [-0.25, -0.2) is 4.79 Å². The van der Waals surface area contributed by atoms with Crippen LogP contribution in [-0.4, -0.2) is 19.3 Å². The summed E-state index contributed by atoms with van der Waals surface area (Å²) in [6.07, 6.45) is 0.278. The van der Waals surface area contributed by atoms with Gasteiger partial charge in [-0.15, -0.1) is 0 Å². The zero-order chi connectivity index (χ0) is 16.4. The van der Waals surface area contributed by atoms with E-state index in [9.17, 15) is 9.90 Å². The smallest absolute Gasteiger partial charge is 0.343 e. The minimum Gasteiger partial charge on any atom is -0.507 e. The van der Waals surface area contributed by atoms with Crippen molar-refractivity contribution in [2.75, 3.05) is 14.2 Å². The minimum atomic E-state index is -0.556. The van der Waals surface area contributed by atoms with E-state index in [-0.39, 0.29) is 17.7 Å². The summed E-state index contributed by atoms with van der Waals surface area (Å²) in [5, 5.41) is 10.9. The summed E-state index contributed by atoms with van der Waals surface area (Å²) in [5.41, 5.74) is 0.846. The van der Waals surface area contributed by atoms with Gasteiger partial charge in [0.15, 0.2) is 0 Å². The van der Waals surface area contributed by atoms with Crippen LogP contribution in [0.25, 0.3) is 11.0 Å². The molecule has 0 saturated carbocycles. The lowest BCUT2D eigenvalue weighted by Crippen LogP contribution is -2.08. The van der Waals surface area contributed by atoms with Crippen molar-refractivity contribution in [2.24, 2.45) is 0 Å². The molecule has 0 saturated heterocycles. The van der Waals surface area contributed by atoms with Crippen molar-refractivity contribution in [2.45, 2.75) is 6.42 Å². The maximum Gasteiger partial charge on any atom is 0.343 e. The van der Waals surface area contributed by atoms with Gasteiger partial charge in [-0.3, -0.25) is 0 Å². The third-order valence-electron chi connectivity index (χ3n) is 3.72. The van der Waals surface area contributed by atoms with Crippen molar-refractivity contribution < 1.29 is 19.0 Å². The van der Waals surface area contributed by atoms with Crippen LogP contribution in [0.15, 0.2) is 51.7 Å². The van der Waals surface area contributed by atoms with Gasteiger partial charge in [-0.05, 0) is 29.8 Å². The summed E-state index contributed by atoms with van der Waals surface area (Å²) >= 11 is 0. The second kappa shape index (κ2) is 6.04. The van der Waals surface area contributed by atoms with Gasteiger partial charge in [-0.1, -0.05) is 12.1 Å². The van der Waals surface area contributed by atoms with Crippen molar-refractivity contribution >= 4 is 11.0 Å². The van der Waals surface area contributed by atoms with Gasteiger partial charge in [0.1, 0.15) is 22.8 Å². The molecular formula is C18H16O5. The maximum atomic E-state index is 12.2. The summed E-state index contributed by atoms with van der Waals surface area (Å²) in [4.78, 5) is 12.2. The summed E-state index contributed by atoms with van der Waals surface area (Å²) in [6, 6.07) is 12.3. The highest BCUT2D eigenvalue weighted by atomic mass is 16.5. The number of aromatic hydroxyl groups is 1. The molecule has 0 unspecified atom stereocenters. The molecule has 2 aromatic carbocycles. The standard InChI is InChI=1S/C18H16O5/c1-21-12-5-3-11(4-6-12)9-15-17(19)14-8-7-13(22-2)10-16(14)23-18(15)20/h3-8,10,19H,9H2,1-2H3. The quantitative estimate of drug-likeness (QED) is 0.750. The Bertz CT molecular complexity index is 894. The summed E-state index contributed by atoms with van der Waals surface area (Å²) < 4.78 is 15.5. The molecule has 1 heterocycles. The third kappa shape index (κ3) is 2.85. The van der Waals surface area contributed by atoms with Crippen LogP contribution in [0.1, 0.15) is 11.1 Å². The van der Waals surface area contributed by atoms with Crippen molar-refractivity contribution in [3.63, 3.8) is 0 Å². The summed E-state index contributed by atoms with van der Waals surface area (Å²) in [5.74, 6) is 1.23. The second-order valence-corrected chi connectivity index (χ2v) is 5.10. The number of methoxy groups -OCH3 is 2.